The van der Waals surface area contributed by atoms with E-state index in [-0.39, 0.29) is 0 Å². The summed E-state index contributed by atoms with van der Waals surface area (Å²) in [6, 6.07) is 24.4. The van der Waals surface area contributed by atoms with Gasteiger partial charge in [0.2, 0.25) is 0 Å². The highest BCUT2D eigenvalue weighted by atomic mass is 32.2. The number of aliphatic carboxylic acids is 1. The Bertz CT molecular complexity index is 1330. The summed E-state index contributed by atoms with van der Waals surface area (Å²) in [7, 11) is 0. The molecule has 0 bridgehead atoms. The zero-order valence-electron chi connectivity index (χ0n) is 20.6. The van der Waals surface area contributed by atoms with Crippen molar-refractivity contribution in [3.05, 3.63) is 108 Å². The first kappa shape index (κ1) is 26.0. The van der Waals surface area contributed by atoms with Crippen molar-refractivity contribution >= 4 is 29.3 Å². The maximum atomic E-state index is 13.2. The lowest BCUT2D eigenvalue weighted by atomic mass is 9.98. The van der Waals surface area contributed by atoms with Crippen molar-refractivity contribution in [1.29, 1.82) is 0 Å². The van der Waals surface area contributed by atoms with Gasteiger partial charge in [0.1, 0.15) is 6.04 Å². The number of nitrogens with one attached hydrogen (secondary N) is 2. The van der Waals surface area contributed by atoms with Crippen LogP contribution in [0, 0.1) is 0 Å². The minimum absolute atomic E-state index is 0.360. The Kier molecular flexibility index (Phi) is 8.99. The third kappa shape index (κ3) is 7.01. The largest absolute Gasteiger partial charge is 0.480 e. The summed E-state index contributed by atoms with van der Waals surface area (Å²) in [5, 5.41) is 15.7. The fourth-order valence-corrected chi connectivity index (χ4v) is 4.52. The Morgan fingerprint density at radius 2 is 1.76 bits per heavy atom. The standard InChI is InChI=1S/C29H30N4O3S/c1-37-15-14-27(29(35)36)32-28(34)25-13-12-23(16-26(25)22-10-6-3-7-11-22)31-18-24-17-30-20-33(24)19-21-8-4-2-5-9-21/h2-13,16-17,20,27,31H,14-15,18-19H2,1H3,(H,32,34)(H,35,36)/t27-/m0/s1. The first-order valence-corrected chi connectivity index (χ1v) is 13.4. The molecule has 4 rings (SSSR count). The van der Waals surface area contributed by atoms with Crippen LogP contribution in [0.3, 0.4) is 0 Å². The molecule has 0 unspecified atom stereocenters. The topological polar surface area (TPSA) is 96.3 Å². The van der Waals surface area contributed by atoms with Crippen LogP contribution in [0.25, 0.3) is 11.1 Å². The van der Waals surface area contributed by atoms with E-state index in [1.54, 1.807) is 17.8 Å². The normalized spacial score (nSPS) is 11.6. The average Bonchev–Trinajstić information content (AvgIpc) is 3.37. The van der Waals surface area contributed by atoms with Gasteiger partial charge < -0.3 is 20.3 Å². The number of nitrogens with zero attached hydrogens (tertiary/aromatic N) is 2. The third-order valence-corrected chi connectivity index (χ3v) is 6.67. The Labute approximate surface area is 221 Å². The molecule has 1 amide bonds. The second-order valence-corrected chi connectivity index (χ2v) is 9.61. The number of carboxylic acid groups (broad SMARTS) is 1. The van der Waals surface area contributed by atoms with Crippen molar-refractivity contribution in [3.8, 4) is 11.1 Å². The molecule has 37 heavy (non-hydrogen) atoms. The molecule has 190 valence electrons. The van der Waals surface area contributed by atoms with Gasteiger partial charge >= 0.3 is 5.97 Å². The van der Waals surface area contributed by atoms with E-state index in [4.69, 9.17) is 0 Å². The van der Waals surface area contributed by atoms with E-state index in [0.29, 0.717) is 24.3 Å². The molecule has 0 aliphatic carbocycles. The SMILES string of the molecule is CSCC[C@H](NC(=O)c1ccc(NCc2cncn2Cc2ccccc2)cc1-c1ccccc1)C(=O)O. The van der Waals surface area contributed by atoms with Crippen LogP contribution in [-0.2, 0) is 17.9 Å². The van der Waals surface area contributed by atoms with Gasteiger partial charge in [-0.2, -0.15) is 11.8 Å². The number of anilines is 1. The molecule has 7 nitrogen and oxygen atoms in total. The first-order chi connectivity index (χ1) is 18.0. The molecule has 0 spiro atoms. The minimum Gasteiger partial charge on any atom is -0.480 e. The number of carboxylic acids is 1. The maximum Gasteiger partial charge on any atom is 0.326 e. The summed E-state index contributed by atoms with van der Waals surface area (Å²) in [6.07, 6.45) is 5.94. The van der Waals surface area contributed by atoms with Gasteiger partial charge in [0, 0.05) is 24.0 Å². The molecule has 1 aromatic heterocycles. The summed E-state index contributed by atoms with van der Waals surface area (Å²) in [5.41, 5.74) is 5.11. The summed E-state index contributed by atoms with van der Waals surface area (Å²) < 4.78 is 2.10. The van der Waals surface area contributed by atoms with Crippen LogP contribution in [0.2, 0.25) is 0 Å². The van der Waals surface area contributed by atoms with E-state index in [1.165, 1.54) is 5.56 Å². The van der Waals surface area contributed by atoms with Crippen LogP contribution in [0.1, 0.15) is 28.0 Å². The summed E-state index contributed by atoms with van der Waals surface area (Å²) in [4.78, 5) is 29.2. The lowest BCUT2D eigenvalue weighted by Crippen LogP contribution is -2.41. The van der Waals surface area contributed by atoms with E-state index in [2.05, 4.69) is 32.3 Å². The molecule has 0 radical (unpaired) electrons. The van der Waals surface area contributed by atoms with Crippen LogP contribution in [0.4, 0.5) is 5.69 Å². The molecule has 1 atom stereocenters. The van der Waals surface area contributed by atoms with Gasteiger partial charge in [-0.25, -0.2) is 9.78 Å². The van der Waals surface area contributed by atoms with E-state index in [0.717, 1.165) is 29.1 Å². The van der Waals surface area contributed by atoms with Gasteiger partial charge in [-0.1, -0.05) is 60.7 Å². The quantitative estimate of drug-likeness (QED) is 0.242. The number of thioether (sulfide) groups is 1. The molecular weight excluding hydrogens is 484 g/mol. The highest BCUT2D eigenvalue weighted by Crippen LogP contribution is 2.28. The number of aromatic nitrogens is 2. The highest BCUT2D eigenvalue weighted by Gasteiger charge is 2.22. The Morgan fingerprint density at radius 3 is 2.46 bits per heavy atom. The lowest BCUT2D eigenvalue weighted by Gasteiger charge is -2.17. The average molecular weight is 515 g/mol. The molecular formula is C29H30N4O3S. The van der Waals surface area contributed by atoms with Crippen LogP contribution in [-0.4, -0.2) is 44.6 Å². The number of carbonyl (C=O) groups excluding carboxylic acids is 1. The molecule has 0 fully saturated rings. The Morgan fingerprint density at radius 1 is 1.03 bits per heavy atom. The number of hydrogen-bond donors (Lipinski definition) is 3. The van der Waals surface area contributed by atoms with Crippen LogP contribution < -0.4 is 10.6 Å². The number of amides is 1. The highest BCUT2D eigenvalue weighted by molar-refractivity contribution is 7.98. The van der Waals surface area contributed by atoms with E-state index < -0.39 is 17.9 Å². The van der Waals surface area contributed by atoms with Crippen molar-refractivity contribution in [3.63, 3.8) is 0 Å². The van der Waals surface area contributed by atoms with E-state index >= 15 is 0 Å². The van der Waals surface area contributed by atoms with Crippen molar-refractivity contribution < 1.29 is 14.7 Å². The van der Waals surface area contributed by atoms with Gasteiger partial charge in [0.05, 0.1) is 18.6 Å². The third-order valence-electron chi connectivity index (χ3n) is 6.03. The number of carbonyl (C=O) groups is 2. The molecule has 4 aromatic rings. The summed E-state index contributed by atoms with van der Waals surface area (Å²) in [5.74, 6) is -0.791. The fourth-order valence-electron chi connectivity index (χ4n) is 4.05. The fraction of sp³-hybridized carbons (Fsp3) is 0.207. The Hall–Kier alpha value is -4.04. The zero-order chi connectivity index (χ0) is 26.0. The van der Waals surface area contributed by atoms with Gasteiger partial charge in [-0.3, -0.25) is 4.79 Å². The molecule has 3 N–H and O–H groups in total. The second kappa shape index (κ2) is 12.8. The van der Waals surface area contributed by atoms with Crippen LogP contribution in [0.15, 0.2) is 91.4 Å². The molecule has 0 saturated carbocycles. The number of benzene rings is 3. The maximum absolute atomic E-state index is 13.2. The van der Waals surface area contributed by atoms with E-state index in [9.17, 15) is 14.7 Å². The van der Waals surface area contributed by atoms with Crippen molar-refractivity contribution in [1.82, 2.24) is 14.9 Å². The molecule has 0 saturated heterocycles. The minimum atomic E-state index is -1.03. The van der Waals surface area contributed by atoms with Gasteiger partial charge in [0.15, 0.2) is 0 Å². The predicted octanol–water partition coefficient (Wildman–Crippen LogP) is 5.15. The number of rotatable bonds is 12. The molecule has 0 aliphatic heterocycles. The molecule has 0 aliphatic rings. The van der Waals surface area contributed by atoms with Crippen molar-refractivity contribution in [2.45, 2.75) is 25.6 Å². The molecule has 1 heterocycles. The van der Waals surface area contributed by atoms with E-state index in [1.807, 2.05) is 79.4 Å². The second-order valence-electron chi connectivity index (χ2n) is 8.62. The Balaban J connectivity index is 1.54. The summed E-state index contributed by atoms with van der Waals surface area (Å²) in [6.45, 7) is 1.29. The van der Waals surface area contributed by atoms with Gasteiger partial charge in [0.25, 0.3) is 5.91 Å². The van der Waals surface area contributed by atoms with Crippen molar-refractivity contribution in [2.75, 3.05) is 17.3 Å². The zero-order valence-corrected chi connectivity index (χ0v) is 21.4. The smallest absolute Gasteiger partial charge is 0.326 e. The molecule has 8 heteroatoms. The van der Waals surface area contributed by atoms with Crippen molar-refractivity contribution in [2.24, 2.45) is 0 Å². The van der Waals surface area contributed by atoms with Gasteiger partial charge in [-0.15, -0.1) is 0 Å². The lowest BCUT2D eigenvalue weighted by molar-refractivity contribution is -0.139. The van der Waals surface area contributed by atoms with Crippen LogP contribution in [0.5, 0.6) is 0 Å². The molecule has 3 aromatic carbocycles. The van der Waals surface area contributed by atoms with Gasteiger partial charge in [-0.05, 0) is 53.3 Å². The monoisotopic (exact) mass is 514 g/mol. The van der Waals surface area contributed by atoms with Crippen LogP contribution >= 0.6 is 11.8 Å². The predicted molar refractivity (Wildman–Crippen MR) is 149 cm³/mol. The first-order valence-electron chi connectivity index (χ1n) is 12.0. The summed E-state index contributed by atoms with van der Waals surface area (Å²) >= 11 is 1.55. The number of hydrogen-bond acceptors (Lipinski definition) is 5. The number of imidazole rings is 1.